The molecule has 3 nitrogen and oxygen atoms in total. The Morgan fingerprint density at radius 1 is 1.33 bits per heavy atom. The summed E-state index contributed by atoms with van der Waals surface area (Å²) in [7, 11) is 0. The summed E-state index contributed by atoms with van der Waals surface area (Å²) in [4.78, 5) is 12.0. The van der Waals surface area contributed by atoms with Gasteiger partial charge in [0.25, 0.3) is 0 Å². The summed E-state index contributed by atoms with van der Waals surface area (Å²) < 4.78 is 0. The van der Waals surface area contributed by atoms with E-state index in [1.807, 2.05) is 6.92 Å². The Bertz CT molecular complexity index is 389. The second kappa shape index (κ2) is 3.57. The third-order valence-electron chi connectivity index (χ3n) is 6.38. The quantitative estimate of drug-likeness (QED) is 0.745. The molecule has 3 saturated carbocycles. The summed E-state index contributed by atoms with van der Waals surface area (Å²) in [5.74, 6) is 1.77. The number of Topliss-reactive ketones (excluding diaryl/α,β-unsaturated/α-hetero) is 1. The van der Waals surface area contributed by atoms with E-state index in [9.17, 15) is 15.0 Å². The summed E-state index contributed by atoms with van der Waals surface area (Å²) in [6, 6.07) is 0. The number of aliphatic hydroxyl groups is 2. The fourth-order valence-corrected chi connectivity index (χ4v) is 5.10. The van der Waals surface area contributed by atoms with E-state index in [-0.39, 0.29) is 30.1 Å². The van der Waals surface area contributed by atoms with Crippen LogP contribution in [0.15, 0.2) is 0 Å². The molecule has 0 spiro atoms. The van der Waals surface area contributed by atoms with Gasteiger partial charge >= 0.3 is 0 Å². The molecular formula is C15H24O3. The maximum Gasteiger partial charge on any atom is 0.136 e. The summed E-state index contributed by atoms with van der Waals surface area (Å²) in [5.41, 5.74) is -0.701. The Labute approximate surface area is 109 Å². The predicted molar refractivity (Wildman–Crippen MR) is 67.8 cm³/mol. The first-order valence-corrected chi connectivity index (χ1v) is 7.19. The van der Waals surface area contributed by atoms with E-state index in [0.29, 0.717) is 30.1 Å². The molecule has 0 bridgehead atoms. The van der Waals surface area contributed by atoms with Crippen LogP contribution in [0.3, 0.4) is 0 Å². The van der Waals surface area contributed by atoms with Crippen LogP contribution in [-0.4, -0.2) is 28.2 Å². The number of carbonyl (C=O) groups is 1. The predicted octanol–water partition coefficient (Wildman–Crippen LogP) is 1.62. The van der Waals surface area contributed by atoms with Crippen molar-refractivity contribution < 1.29 is 15.0 Å². The van der Waals surface area contributed by atoms with Gasteiger partial charge in [0.05, 0.1) is 12.2 Å². The third-order valence-corrected chi connectivity index (χ3v) is 6.38. The second-order valence-corrected chi connectivity index (χ2v) is 7.40. The minimum absolute atomic E-state index is 0.0261. The highest BCUT2D eigenvalue weighted by Gasteiger charge is 2.68. The van der Waals surface area contributed by atoms with Crippen LogP contribution in [-0.2, 0) is 4.79 Å². The largest absolute Gasteiger partial charge is 0.393 e. The molecule has 3 aliphatic rings. The molecule has 0 aromatic rings. The van der Waals surface area contributed by atoms with E-state index >= 15 is 0 Å². The van der Waals surface area contributed by atoms with Crippen LogP contribution in [0.2, 0.25) is 0 Å². The van der Waals surface area contributed by atoms with Crippen LogP contribution in [0.4, 0.5) is 0 Å². The van der Waals surface area contributed by atoms with Crippen molar-refractivity contribution in [3.8, 4) is 0 Å². The van der Waals surface area contributed by atoms with Crippen molar-refractivity contribution >= 4 is 5.78 Å². The van der Waals surface area contributed by atoms with E-state index in [1.54, 1.807) is 0 Å². The Morgan fingerprint density at radius 3 is 2.61 bits per heavy atom. The Morgan fingerprint density at radius 2 is 2.00 bits per heavy atom. The first-order chi connectivity index (χ1) is 8.33. The van der Waals surface area contributed by atoms with Gasteiger partial charge in [-0.2, -0.15) is 0 Å². The maximum atomic E-state index is 12.0. The average molecular weight is 252 g/mol. The molecule has 0 saturated heterocycles. The minimum Gasteiger partial charge on any atom is -0.393 e. The van der Waals surface area contributed by atoms with Gasteiger partial charge in [-0.1, -0.05) is 20.8 Å². The van der Waals surface area contributed by atoms with Gasteiger partial charge in [-0.15, -0.1) is 0 Å². The van der Waals surface area contributed by atoms with Crippen molar-refractivity contribution in [1.82, 2.24) is 0 Å². The lowest BCUT2D eigenvalue weighted by molar-refractivity contribution is -0.121. The van der Waals surface area contributed by atoms with E-state index < -0.39 is 5.60 Å². The fourth-order valence-electron chi connectivity index (χ4n) is 5.10. The van der Waals surface area contributed by atoms with Gasteiger partial charge < -0.3 is 10.2 Å². The number of ketones is 1. The van der Waals surface area contributed by atoms with Crippen molar-refractivity contribution in [3.63, 3.8) is 0 Å². The standard InChI is InChI=1S/C15H24O3/c1-8-11(17)6-10-12(8)13-9(14(13,2)3)4-5-15(10,18)7-16/h8-10,12-13,16,18H,4-7H2,1-3H3/t8-,9-,10+,12+,13-,15-/m1/s1. The van der Waals surface area contributed by atoms with Crippen molar-refractivity contribution in [2.75, 3.05) is 6.61 Å². The van der Waals surface area contributed by atoms with Crippen LogP contribution in [0, 0.1) is 35.0 Å². The van der Waals surface area contributed by atoms with Crippen molar-refractivity contribution in [3.05, 3.63) is 0 Å². The minimum atomic E-state index is -1.02. The molecule has 0 aromatic carbocycles. The highest BCUT2D eigenvalue weighted by molar-refractivity contribution is 5.84. The van der Waals surface area contributed by atoms with E-state index in [4.69, 9.17) is 0 Å². The number of hydrogen-bond acceptors (Lipinski definition) is 3. The monoisotopic (exact) mass is 252 g/mol. The molecule has 0 heterocycles. The number of hydrogen-bond donors (Lipinski definition) is 2. The number of aliphatic hydroxyl groups excluding tert-OH is 1. The second-order valence-electron chi connectivity index (χ2n) is 7.40. The summed E-state index contributed by atoms with van der Waals surface area (Å²) >= 11 is 0. The molecule has 3 heteroatoms. The maximum absolute atomic E-state index is 12.0. The Kier molecular flexibility index (Phi) is 2.50. The van der Waals surface area contributed by atoms with Gasteiger partial charge in [0, 0.05) is 18.3 Å². The zero-order chi connectivity index (χ0) is 13.3. The summed E-state index contributed by atoms with van der Waals surface area (Å²) in [6.45, 7) is 6.39. The summed E-state index contributed by atoms with van der Waals surface area (Å²) in [5, 5.41) is 20.2. The lowest BCUT2D eigenvalue weighted by Gasteiger charge is -2.36. The van der Waals surface area contributed by atoms with Gasteiger partial charge in [-0.05, 0) is 36.0 Å². The SMILES string of the molecule is C[C@@H]1C(=O)C[C@H]2[C@H]1[C@H]1[C@@H](CC[C@@]2(O)CO)C1(C)C. The highest BCUT2D eigenvalue weighted by Crippen LogP contribution is 2.70. The molecule has 6 atom stereocenters. The molecule has 3 fully saturated rings. The lowest BCUT2D eigenvalue weighted by Crippen LogP contribution is -2.44. The van der Waals surface area contributed by atoms with Gasteiger partial charge in [0.1, 0.15) is 5.78 Å². The van der Waals surface area contributed by atoms with Crippen LogP contribution in [0.1, 0.15) is 40.0 Å². The third kappa shape index (κ3) is 1.41. The number of carbonyl (C=O) groups excluding carboxylic acids is 1. The van der Waals surface area contributed by atoms with Gasteiger partial charge in [0.15, 0.2) is 0 Å². The first kappa shape index (κ1) is 12.6. The Hall–Kier alpha value is -0.410. The zero-order valence-corrected chi connectivity index (χ0v) is 11.5. The molecule has 0 radical (unpaired) electrons. The Balaban J connectivity index is 1.99. The molecule has 3 aliphatic carbocycles. The molecule has 0 unspecified atom stereocenters. The van der Waals surface area contributed by atoms with E-state index in [1.165, 1.54) is 0 Å². The molecule has 0 aliphatic heterocycles. The molecule has 0 aromatic heterocycles. The van der Waals surface area contributed by atoms with Crippen LogP contribution in [0.5, 0.6) is 0 Å². The smallest absolute Gasteiger partial charge is 0.136 e. The topological polar surface area (TPSA) is 57.5 Å². The van der Waals surface area contributed by atoms with Crippen molar-refractivity contribution in [2.24, 2.45) is 35.0 Å². The molecule has 0 amide bonds. The first-order valence-electron chi connectivity index (χ1n) is 7.19. The van der Waals surface area contributed by atoms with Gasteiger partial charge in [-0.3, -0.25) is 4.79 Å². The fraction of sp³-hybridized carbons (Fsp3) is 0.933. The van der Waals surface area contributed by atoms with Crippen LogP contribution in [0.25, 0.3) is 0 Å². The molecule has 2 N–H and O–H groups in total. The zero-order valence-electron chi connectivity index (χ0n) is 11.5. The van der Waals surface area contributed by atoms with Crippen molar-refractivity contribution in [1.29, 1.82) is 0 Å². The number of fused-ring (bicyclic) bond motifs is 3. The normalized spacial score (nSPS) is 53.6. The van der Waals surface area contributed by atoms with E-state index in [2.05, 4.69) is 13.8 Å². The van der Waals surface area contributed by atoms with Gasteiger partial charge in [-0.25, -0.2) is 0 Å². The van der Waals surface area contributed by atoms with Crippen molar-refractivity contribution in [2.45, 2.75) is 45.6 Å². The highest BCUT2D eigenvalue weighted by atomic mass is 16.3. The van der Waals surface area contributed by atoms with E-state index in [0.717, 1.165) is 6.42 Å². The van der Waals surface area contributed by atoms with Crippen LogP contribution < -0.4 is 0 Å². The average Bonchev–Trinajstić information content (AvgIpc) is 2.78. The molecule has 102 valence electrons. The van der Waals surface area contributed by atoms with Crippen LogP contribution >= 0.6 is 0 Å². The summed E-state index contributed by atoms with van der Waals surface area (Å²) in [6.07, 6.45) is 2.10. The van der Waals surface area contributed by atoms with Gasteiger partial charge in [0.2, 0.25) is 0 Å². The molecule has 18 heavy (non-hydrogen) atoms. The lowest BCUT2D eigenvalue weighted by atomic mass is 9.74. The number of rotatable bonds is 1. The molecular weight excluding hydrogens is 228 g/mol. The molecule has 3 rings (SSSR count).